The second-order valence-corrected chi connectivity index (χ2v) is 3.09. The zero-order valence-corrected chi connectivity index (χ0v) is 6.69. The predicted octanol–water partition coefficient (Wildman–Crippen LogP) is 1.50. The summed E-state index contributed by atoms with van der Waals surface area (Å²) < 4.78 is 12.9. The van der Waals surface area contributed by atoms with Gasteiger partial charge in [0.05, 0.1) is 5.71 Å². The van der Waals surface area contributed by atoms with Crippen molar-refractivity contribution in [2.75, 3.05) is 0 Å². The largest absolute Gasteiger partial charge is 0.289 e. The number of alkyl halides is 2. The van der Waals surface area contributed by atoms with Crippen LogP contribution < -0.4 is 5.43 Å². The molecule has 2 atom stereocenters. The number of rotatable bonds is 1. The van der Waals surface area contributed by atoms with Crippen molar-refractivity contribution in [2.24, 2.45) is 11.0 Å². The maximum atomic E-state index is 12.9. The van der Waals surface area contributed by atoms with E-state index in [2.05, 4.69) is 10.5 Å². The molecule has 0 aromatic rings. The molecule has 0 aromatic carbocycles. The van der Waals surface area contributed by atoms with Crippen LogP contribution in [-0.4, -0.2) is 17.4 Å². The zero-order valence-electron chi connectivity index (χ0n) is 5.94. The van der Waals surface area contributed by atoms with Crippen molar-refractivity contribution in [3.63, 3.8) is 0 Å². The number of nitrogens with zero attached hydrogens (tertiary/aromatic N) is 1. The third kappa shape index (κ3) is 1.24. The van der Waals surface area contributed by atoms with E-state index in [0.29, 0.717) is 5.71 Å². The van der Waals surface area contributed by atoms with Crippen molar-refractivity contribution < 1.29 is 4.39 Å². The molecule has 1 aliphatic rings. The maximum Gasteiger partial charge on any atom is 0.175 e. The van der Waals surface area contributed by atoms with E-state index < -0.39 is 11.7 Å². The molecule has 0 bridgehead atoms. The lowest BCUT2D eigenvalue weighted by molar-refractivity contribution is 0.399. The van der Waals surface area contributed by atoms with Gasteiger partial charge < -0.3 is 0 Å². The van der Waals surface area contributed by atoms with Crippen LogP contribution in [0.25, 0.3) is 0 Å². The molecule has 2 nitrogen and oxygen atoms in total. The molecule has 58 valence electrons. The van der Waals surface area contributed by atoms with Crippen LogP contribution in [0.3, 0.4) is 0 Å². The summed E-state index contributed by atoms with van der Waals surface area (Å²) in [5, 5.41) is 3.76. The molecule has 4 heteroatoms. The van der Waals surface area contributed by atoms with Crippen molar-refractivity contribution in [2.45, 2.75) is 25.5 Å². The van der Waals surface area contributed by atoms with Crippen LogP contribution in [0.2, 0.25) is 0 Å². The molecule has 1 aliphatic heterocycles. The Morgan fingerprint density at radius 1 is 1.70 bits per heavy atom. The normalized spacial score (nSPS) is 32.3. The Kier molecular flexibility index (Phi) is 2.14. The van der Waals surface area contributed by atoms with Gasteiger partial charge in [0.25, 0.3) is 0 Å². The SMILES string of the molecule is CC(C)C1=NNC(Cl)C1F. The van der Waals surface area contributed by atoms with Gasteiger partial charge in [0.15, 0.2) is 11.7 Å². The highest BCUT2D eigenvalue weighted by Gasteiger charge is 2.31. The first-order valence-electron chi connectivity index (χ1n) is 3.24. The summed E-state index contributed by atoms with van der Waals surface area (Å²) in [6, 6.07) is 0. The second-order valence-electron chi connectivity index (χ2n) is 2.62. The monoisotopic (exact) mass is 164 g/mol. The summed E-state index contributed by atoms with van der Waals surface area (Å²) in [6.07, 6.45) is -1.12. The topological polar surface area (TPSA) is 24.4 Å². The molecule has 0 aromatic heterocycles. The van der Waals surface area contributed by atoms with Gasteiger partial charge in [-0.2, -0.15) is 5.10 Å². The lowest BCUT2D eigenvalue weighted by atomic mass is 10.1. The van der Waals surface area contributed by atoms with Crippen molar-refractivity contribution >= 4 is 17.3 Å². The number of hydrogen-bond donors (Lipinski definition) is 1. The number of hydrazone groups is 1. The van der Waals surface area contributed by atoms with E-state index in [1.165, 1.54) is 0 Å². The highest BCUT2D eigenvalue weighted by molar-refractivity contribution is 6.23. The van der Waals surface area contributed by atoms with Gasteiger partial charge >= 0.3 is 0 Å². The van der Waals surface area contributed by atoms with Gasteiger partial charge in [-0.15, -0.1) is 0 Å². The van der Waals surface area contributed by atoms with Gasteiger partial charge in [0.1, 0.15) is 0 Å². The predicted molar refractivity (Wildman–Crippen MR) is 39.9 cm³/mol. The van der Waals surface area contributed by atoms with Crippen LogP contribution in [-0.2, 0) is 0 Å². The summed E-state index contributed by atoms with van der Waals surface area (Å²) in [6.45, 7) is 3.78. The molecule has 0 aliphatic carbocycles. The Labute approximate surface area is 64.4 Å². The number of halogens is 2. The molecule has 10 heavy (non-hydrogen) atoms. The average molecular weight is 165 g/mol. The van der Waals surface area contributed by atoms with Crippen LogP contribution >= 0.6 is 11.6 Å². The highest BCUT2D eigenvalue weighted by Crippen LogP contribution is 2.17. The van der Waals surface area contributed by atoms with Crippen molar-refractivity contribution in [3.05, 3.63) is 0 Å². The fraction of sp³-hybridized carbons (Fsp3) is 0.833. The third-order valence-corrected chi connectivity index (χ3v) is 1.77. The molecule has 0 amide bonds. The molecule has 1 rings (SSSR count). The number of nitrogens with one attached hydrogen (secondary N) is 1. The van der Waals surface area contributed by atoms with Crippen LogP contribution in [0.1, 0.15) is 13.8 Å². The van der Waals surface area contributed by atoms with Gasteiger partial charge in [0.2, 0.25) is 0 Å². The van der Waals surface area contributed by atoms with E-state index in [0.717, 1.165) is 0 Å². The first kappa shape index (κ1) is 7.79. The molecule has 2 unspecified atom stereocenters. The van der Waals surface area contributed by atoms with Crippen LogP contribution in [0.15, 0.2) is 5.10 Å². The van der Waals surface area contributed by atoms with Gasteiger partial charge in [0, 0.05) is 0 Å². The summed E-state index contributed by atoms with van der Waals surface area (Å²) in [5.74, 6) is 0.131. The lowest BCUT2D eigenvalue weighted by Gasteiger charge is -2.07. The second kappa shape index (κ2) is 2.74. The van der Waals surface area contributed by atoms with E-state index in [1.54, 1.807) is 0 Å². The minimum atomic E-state index is -1.12. The molecular formula is C6H10ClFN2. The Bertz CT molecular complexity index is 158. The van der Waals surface area contributed by atoms with Crippen LogP contribution in [0.5, 0.6) is 0 Å². The molecule has 0 saturated heterocycles. The first-order chi connectivity index (χ1) is 4.63. The van der Waals surface area contributed by atoms with Gasteiger partial charge in [-0.25, -0.2) is 4.39 Å². The van der Waals surface area contributed by atoms with Gasteiger partial charge in [-0.1, -0.05) is 25.4 Å². The van der Waals surface area contributed by atoms with E-state index in [1.807, 2.05) is 13.8 Å². The fourth-order valence-electron chi connectivity index (χ4n) is 0.861. The average Bonchev–Trinajstić information content (AvgIpc) is 2.14. The third-order valence-electron chi connectivity index (χ3n) is 1.45. The first-order valence-corrected chi connectivity index (χ1v) is 3.67. The molecule has 0 radical (unpaired) electrons. The van der Waals surface area contributed by atoms with E-state index in [-0.39, 0.29) is 5.92 Å². The van der Waals surface area contributed by atoms with Crippen LogP contribution in [0.4, 0.5) is 4.39 Å². The molecule has 0 fully saturated rings. The van der Waals surface area contributed by atoms with Gasteiger partial charge in [-0.3, -0.25) is 5.43 Å². The molecule has 1 heterocycles. The van der Waals surface area contributed by atoms with Crippen molar-refractivity contribution in [1.29, 1.82) is 0 Å². The number of hydrogen-bond acceptors (Lipinski definition) is 2. The summed E-state index contributed by atoms with van der Waals surface area (Å²) in [4.78, 5) is 0. The standard InChI is InChI=1S/C6H10ClFN2/c1-3(2)5-4(8)6(7)10-9-5/h3-4,6,10H,1-2H3. The van der Waals surface area contributed by atoms with Crippen molar-refractivity contribution in [1.82, 2.24) is 5.43 Å². The van der Waals surface area contributed by atoms with Crippen LogP contribution in [0, 0.1) is 5.92 Å². The van der Waals surface area contributed by atoms with E-state index in [4.69, 9.17) is 11.6 Å². The fourth-order valence-corrected chi connectivity index (χ4v) is 1.04. The maximum absolute atomic E-state index is 12.9. The van der Waals surface area contributed by atoms with Gasteiger partial charge in [-0.05, 0) is 5.92 Å². The summed E-state index contributed by atoms with van der Waals surface area (Å²) in [7, 11) is 0. The molecular weight excluding hydrogens is 155 g/mol. The molecule has 1 N–H and O–H groups in total. The van der Waals surface area contributed by atoms with Crippen molar-refractivity contribution in [3.8, 4) is 0 Å². The molecule has 0 spiro atoms. The van der Waals surface area contributed by atoms with E-state index >= 15 is 0 Å². The zero-order chi connectivity index (χ0) is 7.72. The minimum absolute atomic E-state index is 0.131. The van der Waals surface area contributed by atoms with E-state index in [9.17, 15) is 4.39 Å². The Hall–Kier alpha value is -0.310. The summed E-state index contributed by atoms with van der Waals surface area (Å²) in [5.41, 5.74) is 2.32. The molecule has 0 saturated carbocycles. The minimum Gasteiger partial charge on any atom is -0.289 e. The lowest BCUT2D eigenvalue weighted by Crippen LogP contribution is -2.27. The Morgan fingerprint density at radius 3 is 2.50 bits per heavy atom. The summed E-state index contributed by atoms with van der Waals surface area (Å²) >= 11 is 5.50. The highest BCUT2D eigenvalue weighted by atomic mass is 35.5. The Balaban J connectivity index is 2.62. The smallest absolute Gasteiger partial charge is 0.175 e. The Morgan fingerprint density at radius 2 is 2.30 bits per heavy atom. The quantitative estimate of drug-likeness (QED) is 0.461.